The molecule has 0 spiro atoms. The molecule has 1 aliphatic heterocycles. The van der Waals surface area contributed by atoms with Crippen LogP contribution in [0.3, 0.4) is 0 Å². The van der Waals surface area contributed by atoms with Crippen molar-refractivity contribution in [1.82, 2.24) is 24.9 Å². The number of hydrogen-bond donors (Lipinski definition) is 1. The molecule has 1 N–H and O–H groups in total. The number of amides is 1. The zero-order valence-corrected chi connectivity index (χ0v) is 15.0. The van der Waals surface area contributed by atoms with Crippen molar-refractivity contribution in [2.75, 3.05) is 7.05 Å². The number of fused-ring (bicyclic) bond motifs is 1. The van der Waals surface area contributed by atoms with Crippen molar-refractivity contribution in [3.8, 4) is 0 Å². The van der Waals surface area contributed by atoms with Crippen LogP contribution in [-0.4, -0.2) is 43.9 Å². The van der Waals surface area contributed by atoms with Gasteiger partial charge in [0.15, 0.2) is 5.69 Å². The van der Waals surface area contributed by atoms with Crippen molar-refractivity contribution in [3.63, 3.8) is 0 Å². The molecule has 1 aliphatic rings. The van der Waals surface area contributed by atoms with E-state index in [1.54, 1.807) is 18.1 Å². The van der Waals surface area contributed by atoms with Gasteiger partial charge in [-0.1, -0.05) is 0 Å². The Morgan fingerprint density at radius 3 is 2.88 bits per heavy atom. The first-order chi connectivity index (χ1) is 11.4. The normalized spacial score (nSPS) is 20.0. The van der Waals surface area contributed by atoms with Gasteiger partial charge in [-0.15, -0.1) is 0 Å². The molecule has 3 rings (SSSR count). The Morgan fingerprint density at radius 2 is 2.25 bits per heavy atom. The van der Waals surface area contributed by atoms with E-state index in [0.717, 1.165) is 35.5 Å². The molecule has 7 heteroatoms. The number of aryl methyl sites for hydroxylation is 2. The molecular formula is C17H25N5O2. The average Bonchev–Trinajstić information content (AvgIpc) is 3.10. The minimum atomic E-state index is -0.0552. The van der Waals surface area contributed by atoms with Crippen molar-refractivity contribution in [1.29, 1.82) is 0 Å². The van der Waals surface area contributed by atoms with Gasteiger partial charge in [0, 0.05) is 43.4 Å². The third kappa shape index (κ3) is 2.84. The monoisotopic (exact) mass is 331 g/mol. The SMILES string of the molecule is CCn1nc(C(=O)N(C)Cc2cn[nH]c2C)c2c1[C@H](C)O[C@H](C)C2. The van der Waals surface area contributed by atoms with Crippen molar-refractivity contribution >= 4 is 5.91 Å². The summed E-state index contributed by atoms with van der Waals surface area (Å²) < 4.78 is 7.81. The van der Waals surface area contributed by atoms with Crippen molar-refractivity contribution in [2.24, 2.45) is 0 Å². The Balaban J connectivity index is 1.91. The lowest BCUT2D eigenvalue weighted by Gasteiger charge is -2.27. The fraction of sp³-hybridized carbons (Fsp3) is 0.588. The maximum absolute atomic E-state index is 13.0. The standard InChI is InChI=1S/C17H25N5O2/c1-6-22-16-12(4)24-10(2)7-14(16)15(20-22)17(23)21(5)9-13-8-18-19-11(13)3/h8,10,12H,6-7,9H2,1-5H3,(H,18,19)/t10-,12+/m1/s1. The Morgan fingerprint density at radius 1 is 1.50 bits per heavy atom. The van der Waals surface area contributed by atoms with Gasteiger partial charge < -0.3 is 9.64 Å². The summed E-state index contributed by atoms with van der Waals surface area (Å²) in [6.45, 7) is 9.28. The number of carbonyl (C=O) groups excluding carboxylic acids is 1. The molecule has 0 aromatic carbocycles. The first-order valence-electron chi connectivity index (χ1n) is 8.41. The quantitative estimate of drug-likeness (QED) is 0.932. The van der Waals surface area contributed by atoms with E-state index in [0.29, 0.717) is 12.2 Å². The third-order valence-electron chi connectivity index (χ3n) is 4.60. The molecule has 2 aromatic heterocycles. The van der Waals surface area contributed by atoms with E-state index >= 15 is 0 Å². The molecule has 0 bridgehead atoms. The first kappa shape index (κ1) is 16.7. The Hall–Kier alpha value is -2.15. The van der Waals surface area contributed by atoms with Crippen molar-refractivity contribution in [2.45, 2.75) is 59.4 Å². The van der Waals surface area contributed by atoms with Crippen LogP contribution in [0.15, 0.2) is 6.20 Å². The van der Waals surface area contributed by atoms with E-state index in [-0.39, 0.29) is 18.1 Å². The van der Waals surface area contributed by atoms with Crippen molar-refractivity contribution < 1.29 is 9.53 Å². The van der Waals surface area contributed by atoms with Gasteiger partial charge in [0.25, 0.3) is 5.91 Å². The molecule has 7 nitrogen and oxygen atoms in total. The number of aromatic amines is 1. The lowest BCUT2D eigenvalue weighted by molar-refractivity contribution is -0.00951. The summed E-state index contributed by atoms with van der Waals surface area (Å²) >= 11 is 0. The molecule has 2 atom stereocenters. The van der Waals surface area contributed by atoms with Crippen LogP contribution in [0.25, 0.3) is 0 Å². The van der Waals surface area contributed by atoms with E-state index in [1.807, 2.05) is 32.4 Å². The molecule has 0 fully saturated rings. The average molecular weight is 331 g/mol. The highest BCUT2D eigenvalue weighted by Crippen LogP contribution is 2.32. The van der Waals surface area contributed by atoms with E-state index in [4.69, 9.17) is 4.74 Å². The van der Waals surface area contributed by atoms with Crippen LogP contribution in [-0.2, 0) is 24.2 Å². The largest absolute Gasteiger partial charge is 0.369 e. The van der Waals surface area contributed by atoms with Crippen LogP contribution in [0.5, 0.6) is 0 Å². The zero-order chi connectivity index (χ0) is 17.4. The summed E-state index contributed by atoms with van der Waals surface area (Å²) in [4.78, 5) is 14.7. The van der Waals surface area contributed by atoms with Gasteiger partial charge in [0.05, 0.1) is 24.1 Å². The van der Waals surface area contributed by atoms with Crippen LogP contribution < -0.4 is 0 Å². The first-order valence-corrected chi connectivity index (χ1v) is 8.41. The minimum absolute atomic E-state index is 0.0424. The Kier molecular flexibility index (Phi) is 4.45. The van der Waals surface area contributed by atoms with Crippen LogP contribution in [0.1, 0.15) is 59.9 Å². The zero-order valence-electron chi connectivity index (χ0n) is 15.0. The summed E-state index contributed by atoms with van der Waals surface area (Å²) in [7, 11) is 1.80. The molecule has 0 aliphatic carbocycles. The molecule has 0 saturated heterocycles. The number of nitrogens with one attached hydrogen (secondary N) is 1. The lowest BCUT2D eigenvalue weighted by atomic mass is 9.99. The topological polar surface area (TPSA) is 76.0 Å². The van der Waals surface area contributed by atoms with Gasteiger partial charge in [-0.3, -0.25) is 14.6 Å². The molecular weight excluding hydrogens is 306 g/mol. The predicted molar refractivity (Wildman–Crippen MR) is 89.7 cm³/mol. The van der Waals surface area contributed by atoms with Crippen LogP contribution in [0.2, 0.25) is 0 Å². The second-order valence-corrected chi connectivity index (χ2v) is 6.50. The van der Waals surface area contributed by atoms with E-state index < -0.39 is 0 Å². The highest BCUT2D eigenvalue weighted by molar-refractivity contribution is 5.94. The third-order valence-corrected chi connectivity index (χ3v) is 4.60. The number of H-pyrrole nitrogens is 1. The summed E-state index contributed by atoms with van der Waals surface area (Å²) in [5.74, 6) is -0.0552. The summed E-state index contributed by atoms with van der Waals surface area (Å²) in [6, 6.07) is 0. The number of carbonyl (C=O) groups is 1. The molecule has 3 heterocycles. The molecule has 0 radical (unpaired) electrons. The van der Waals surface area contributed by atoms with E-state index in [2.05, 4.69) is 15.3 Å². The molecule has 130 valence electrons. The van der Waals surface area contributed by atoms with E-state index in [9.17, 15) is 4.79 Å². The van der Waals surface area contributed by atoms with Gasteiger partial charge >= 0.3 is 0 Å². The fourth-order valence-corrected chi connectivity index (χ4v) is 3.37. The Bertz CT molecular complexity index is 748. The number of aromatic nitrogens is 4. The summed E-state index contributed by atoms with van der Waals surface area (Å²) in [5.41, 5.74) is 4.61. The summed E-state index contributed by atoms with van der Waals surface area (Å²) in [5, 5.41) is 11.5. The van der Waals surface area contributed by atoms with Gasteiger partial charge in [-0.2, -0.15) is 10.2 Å². The predicted octanol–water partition coefficient (Wildman–Crippen LogP) is 2.23. The molecule has 0 saturated carbocycles. The number of hydrogen-bond acceptors (Lipinski definition) is 4. The van der Waals surface area contributed by atoms with Gasteiger partial charge in [-0.25, -0.2) is 0 Å². The molecule has 2 aromatic rings. The minimum Gasteiger partial charge on any atom is -0.369 e. The smallest absolute Gasteiger partial charge is 0.274 e. The highest BCUT2D eigenvalue weighted by Gasteiger charge is 2.32. The maximum atomic E-state index is 13.0. The van der Waals surface area contributed by atoms with Crippen LogP contribution in [0, 0.1) is 6.92 Å². The number of nitrogens with zero attached hydrogens (tertiary/aromatic N) is 4. The number of rotatable bonds is 4. The maximum Gasteiger partial charge on any atom is 0.274 e. The van der Waals surface area contributed by atoms with Crippen molar-refractivity contribution in [3.05, 3.63) is 34.4 Å². The highest BCUT2D eigenvalue weighted by atomic mass is 16.5. The second kappa shape index (κ2) is 6.39. The Labute approximate surface area is 142 Å². The van der Waals surface area contributed by atoms with Gasteiger partial charge in [0.2, 0.25) is 0 Å². The molecule has 1 amide bonds. The summed E-state index contributed by atoms with van der Waals surface area (Å²) in [6.07, 6.45) is 2.53. The van der Waals surface area contributed by atoms with Gasteiger partial charge in [-0.05, 0) is 27.7 Å². The second-order valence-electron chi connectivity index (χ2n) is 6.50. The lowest BCUT2D eigenvalue weighted by Crippen LogP contribution is -2.29. The molecule has 0 unspecified atom stereocenters. The van der Waals surface area contributed by atoms with Crippen LogP contribution >= 0.6 is 0 Å². The molecule has 24 heavy (non-hydrogen) atoms. The number of ether oxygens (including phenoxy) is 1. The van der Waals surface area contributed by atoms with Crippen LogP contribution in [0.4, 0.5) is 0 Å². The van der Waals surface area contributed by atoms with E-state index in [1.165, 1.54) is 0 Å². The van der Waals surface area contributed by atoms with Gasteiger partial charge in [0.1, 0.15) is 0 Å². The fourth-order valence-electron chi connectivity index (χ4n) is 3.37.